The fraction of sp³-hybridized carbons (Fsp3) is 0.520. The van der Waals surface area contributed by atoms with Crippen LogP contribution in [0.3, 0.4) is 0 Å². The number of anilines is 1. The maximum atomic E-state index is 13.2. The van der Waals surface area contributed by atoms with Crippen LogP contribution >= 0.6 is 11.3 Å². The summed E-state index contributed by atoms with van der Waals surface area (Å²) >= 11 is 1.37. The van der Waals surface area contributed by atoms with E-state index in [1.54, 1.807) is 32.4 Å². The monoisotopic (exact) mass is 527 g/mol. The number of likely N-dealkylation sites (N-methyl/N-ethyl adjacent to an activating group) is 1. The highest BCUT2D eigenvalue weighted by atomic mass is 32.1. The van der Waals surface area contributed by atoms with E-state index in [1.165, 1.54) is 16.2 Å². The number of aryl methyl sites for hydroxylation is 1. The van der Waals surface area contributed by atoms with E-state index in [2.05, 4.69) is 30.8 Å². The second-order valence-corrected chi connectivity index (χ2v) is 11.0. The number of carbonyl (C=O) groups excluding carboxylic acids is 4. The Labute approximate surface area is 220 Å². The molecule has 11 nitrogen and oxygen atoms in total. The summed E-state index contributed by atoms with van der Waals surface area (Å²) in [4.78, 5) is 64.5. The van der Waals surface area contributed by atoms with E-state index >= 15 is 0 Å². The van der Waals surface area contributed by atoms with Crippen LogP contribution in [0.15, 0.2) is 18.3 Å². The molecule has 0 unspecified atom stereocenters. The molecule has 4 rings (SSSR count). The Morgan fingerprint density at radius 3 is 2.57 bits per heavy atom. The summed E-state index contributed by atoms with van der Waals surface area (Å²) in [6, 6.07) is 2.35. The molecule has 3 N–H and O–H groups in total. The van der Waals surface area contributed by atoms with Crippen molar-refractivity contribution < 1.29 is 19.2 Å². The van der Waals surface area contributed by atoms with Gasteiger partial charge in [-0.2, -0.15) is 0 Å². The van der Waals surface area contributed by atoms with Crippen molar-refractivity contribution in [3.8, 4) is 0 Å². The molecular weight excluding hydrogens is 494 g/mol. The largest absolute Gasteiger partial charge is 0.349 e. The molecule has 2 aromatic rings. The molecule has 1 aliphatic heterocycles. The van der Waals surface area contributed by atoms with Crippen LogP contribution < -0.4 is 16.0 Å². The van der Waals surface area contributed by atoms with Gasteiger partial charge in [0.1, 0.15) is 5.82 Å². The summed E-state index contributed by atoms with van der Waals surface area (Å²) in [5.74, 6) is -2.05. The van der Waals surface area contributed by atoms with Crippen LogP contribution in [0.1, 0.15) is 45.2 Å². The number of carbonyl (C=O) groups is 4. The summed E-state index contributed by atoms with van der Waals surface area (Å²) in [5, 5.41) is 8.61. The molecule has 0 radical (unpaired) electrons. The number of aromatic nitrogens is 2. The minimum Gasteiger partial charge on any atom is -0.349 e. The average molecular weight is 528 g/mol. The number of hydrogen-bond donors (Lipinski definition) is 3. The molecule has 0 bridgehead atoms. The van der Waals surface area contributed by atoms with Gasteiger partial charge in [-0.15, -0.1) is 11.3 Å². The molecule has 37 heavy (non-hydrogen) atoms. The Kier molecular flexibility index (Phi) is 8.18. The van der Waals surface area contributed by atoms with E-state index in [0.717, 1.165) is 35.6 Å². The lowest BCUT2D eigenvalue weighted by atomic mass is 9.81. The summed E-state index contributed by atoms with van der Waals surface area (Å²) in [6.07, 6.45) is 3.71. The second kappa shape index (κ2) is 11.3. The van der Waals surface area contributed by atoms with Gasteiger partial charge in [0.15, 0.2) is 5.01 Å². The van der Waals surface area contributed by atoms with Gasteiger partial charge in [-0.3, -0.25) is 19.2 Å². The van der Waals surface area contributed by atoms with Gasteiger partial charge in [-0.25, -0.2) is 9.97 Å². The van der Waals surface area contributed by atoms with Crippen LogP contribution in [0.5, 0.6) is 0 Å². The van der Waals surface area contributed by atoms with Crippen LogP contribution in [-0.2, 0) is 27.3 Å². The van der Waals surface area contributed by atoms with Gasteiger partial charge in [-0.05, 0) is 44.9 Å². The maximum Gasteiger partial charge on any atom is 0.314 e. The van der Waals surface area contributed by atoms with Crippen molar-refractivity contribution in [3.63, 3.8) is 0 Å². The smallest absolute Gasteiger partial charge is 0.314 e. The van der Waals surface area contributed by atoms with Crippen molar-refractivity contribution in [2.45, 2.75) is 51.2 Å². The lowest BCUT2D eigenvalue weighted by molar-refractivity contribution is -0.137. The van der Waals surface area contributed by atoms with Crippen molar-refractivity contribution in [2.24, 2.45) is 5.92 Å². The number of pyridine rings is 1. The first-order chi connectivity index (χ1) is 17.6. The van der Waals surface area contributed by atoms with Gasteiger partial charge in [0.2, 0.25) is 5.91 Å². The molecule has 0 saturated heterocycles. The average Bonchev–Trinajstić information content (AvgIpc) is 3.29. The minimum absolute atomic E-state index is 0.0278. The first-order valence-corrected chi connectivity index (χ1v) is 13.2. The fourth-order valence-electron chi connectivity index (χ4n) is 4.69. The standard InChI is InChI=1S/C25H33N7O4S/c1-14-5-8-20(26-12-14)30-22(34)21(33)27-16-7-6-15(25(36)31(2)3)11-18(16)28-23(35)24-29-17-9-10-32(4)13-19(17)37-24/h5,8,12,15-16,18H,6-7,9-11,13H2,1-4H3,(H,27,33)(H,28,35)(H,26,30,34)/t15-,16-,18-/m1/s1. The molecule has 198 valence electrons. The number of rotatable bonds is 5. The summed E-state index contributed by atoms with van der Waals surface area (Å²) in [5.41, 5.74) is 1.88. The van der Waals surface area contributed by atoms with Crippen molar-refractivity contribution >= 4 is 40.8 Å². The number of nitrogens with one attached hydrogen (secondary N) is 3. The van der Waals surface area contributed by atoms with E-state index in [0.29, 0.717) is 24.3 Å². The Hall–Kier alpha value is -3.38. The minimum atomic E-state index is -0.843. The maximum absolute atomic E-state index is 13.2. The fourth-order valence-corrected chi connectivity index (χ4v) is 5.78. The van der Waals surface area contributed by atoms with E-state index in [1.807, 2.05) is 14.0 Å². The summed E-state index contributed by atoms with van der Waals surface area (Å²) < 4.78 is 0. The van der Waals surface area contributed by atoms with Gasteiger partial charge >= 0.3 is 11.8 Å². The third kappa shape index (κ3) is 6.50. The third-order valence-corrected chi connectivity index (χ3v) is 7.83. The SMILES string of the molecule is Cc1ccc(NC(=O)C(=O)N[C@@H]2CC[C@@H](C(=O)N(C)C)C[C@H]2NC(=O)c2nc3c(s2)CN(C)CC3)nc1. The summed E-state index contributed by atoms with van der Waals surface area (Å²) in [6.45, 7) is 3.52. The number of hydrogen-bond acceptors (Lipinski definition) is 8. The molecule has 0 spiro atoms. The number of fused-ring (bicyclic) bond motifs is 1. The lowest BCUT2D eigenvalue weighted by Crippen LogP contribution is -2.57. The normalized spacial score (nSPS) is 21.5. The van der Waals surface area contributed by atoms with Crippen molar-refractivity contribution in [1.29, 1.82) is 0 Å². The first-order valence-electron chi connectivity index (χ1n) is 12.3. The van der Waals surface area contributed by atoms with Crippen LogP contribution in [0.2, 0.25) is 0 Å². The zero-order chi connectivity index (χ0) is 26.7. The molecule has 12 heteroatoms. The number of thiazole rings is 1. The highest BCUT2D eigenvalue weighted by Gasteiger charge is 2.37. The van der Waals surface area contributed by atoms with Gasteiger partial charge in [0.05, 0.1) is 11.7 Å². The third-order valence-electron chi connectivity index (χ3n) is 6.75. The van der Waals surface area contributed by atoms with Crippen molar-refractivity contribution in [3.05, 3.63) is 39.5 Å². The topological polar surface area (TPSA) is 137 Å². The quantitative estimate of drug-likeness (QED) is 0.493. The molecule has 0 aromatic carbocycles. The van der Waals surface area contributed by atoms with Gasteiger partial charge in [0, 0.05) is 56.6 Å². The van der Waals surface area contributed by atoms with Crippen LogP contribution in [-0.4, -0.2) is 83.2 Å². The molecule has 2 aliphatic rings. The highest BCUT2D eigenvalue weighted by molar-refractivity contribution is 7.13. The molecule has 3 heterocycles. The number of nitrogens with zero attached hydrogens (tertiary/aromatic N) is 4. The molecule has 4 amide bonds. The Morgan fingerprint density at radius 1 is 1.08 bits per heavy atom. The molecule has 1 saturated carbocycles. The van der Waals surface area contributed by atoms with E-state index in [-0.39, 0.29) is 23.6 Å². The predicted molar refractivity (Wildman–Crippen MR) is 139 cm³/mol. The van der Waals surface area contributed by atoms with E-state index in [9.17, 15) is 19.2 Å². The molecular formula is C25H33N7O4S. The molecule has 1 aliphatic carbocycles. The van der Waals surface area contributed by atoms with Gasteiger partial charge < -0.3 is 25.8 Å². The Balaban J connectivity index is 1.45. The van der Waals surface area contributed by atoms with Crippen molar-refractivity contribution in [2.75, 3.05) is 33.0 Å². The van der Waals surface area contributed by atoms with Crippen molar-refractivity contribution in [1.82, 2.24) is 30.4 Å². The molecule has 1 fully saturated rings. The molecule has 3 atom stereocenters. The van der Waals surface area contributed by atoms with Crippen LogP contribution in [0.4, 0.5) is 5.82 Å². The number of amides is 4. The lowest BCUT2D eigenvalue weighted by Gasteiger charge is -2.37. The Bertz CT molecular complexity index is 1180. The van der Waals surface area contributed by atoms with Gasteiger partial charge in [0.25, 0.3) is 5.91 Å². The Morgan fingerprint density at radius 2 is 1.86 bits per heavy atom. The zero-order valence-electron chi connectivity index (χ0n) is 21.5. The van der Waals surface area contributed by atoms with E-state index < -0.39 is 23.9 Å². The van der Waals surface area contributed by atoms with E-state index in [4.69, 9.17) is 0 Å². The van der Waals surface area contributed by atoms with Gasteiger partial charge in [-0.1, -0.05) is 6.07 Å². The second-order valence-electron chi connectivity index (χ2n) is 9.95. The van der Waals surface area contributed by atoms with Crippen LogP contribution in [0.25, 0.3) is 0 Å². The first kappa shape index (κ1) is 26.7. The zero-order valence-corrected chi connectivity index (χ0v) is 22.4. The molecule has 2 aromatic heterocycles. The summed E-state index contributed by atoms with van der Waals surface area (Å²) in [7, 11) is 5.43. The predicted octanol–water partition coefficient (Wildman–Crippen LogP) is 0.945. The van der Waals surface area contributed by atoms with Crippen LogP contribution in [0, 0.1) is 12.8 Å². The highest BCUT2D eigenvalue weighted by Crippen LogP contribution is 2.28.